The Balaban J connectivity index is 2.68. The summed E-state index contributed by atoms with van der Waals surface area (Å²) < 4.78 is 30.3. The largest absolute Gasteiger partial charge is 0.463 e. The molecule has 0 radical (unpaired) electrons. The van der Waals surface area contributed by atoms with Gasteiger partial charge in [0.1, 0.15) is 11.6 Å². The lowest BCUT2D eigenvalue weighted by molar-refractivity contribution is -0.146. The van der Waals surface area contributed by atoms with E-state index < -0.39 is 17.6 Å². The van der Waals surface area contributed by atoms with Gasteiger partial charge in [0.25, 0.3) is 0 Å². The summed E-state index contributed by atoms with van der Waals surface area (Å²) in [6.45, 7) is 3.37. The summed E-state index contributed by atoms with van der Waals surface area (Å²) in [6.07, 6.45) is 0.312. The lowest BCUT2D eigenvalue weighted by atomic mass is 10.2. The molecule has 0 fully saturated rings. The van der Waals surface area contributed by atoms with E-state index in [2.05, 4.69) is 4.98 Å². The number of aromatic nitrogens is 1. The highest BCUT2D eigenvalue weighted by molar-refractivity contribution is 5.72. The van der Waals surface area contributed by atoms with Crippen molar-refractivity contribution in [3.63, 3.8) is 0 Å². The Labute approximate surface area is 86.1 Å². The van der Waals surface area contributed by atoms with Gasteiger partial charge in [0.05, 0.1) is 24.4 Å². The first kappa shape index (κ1) is 11.6. The highest BCUT2D eigenvalue weighted by Crippen LogP contribution is 2.07. The number of ether oxygens (including phenoxy) is 1. The Kier molecular flexibility index (Phi) is 3.71. The minimum atomic E-state index is -0.837. The lowest BCUT2D eigenvalue weighted by Gasteiger charge is -2.07. The molecule has 0 bridgehead atoms. The third kappa shape index (κ3) is 3.61. The predicted molar refractivity (Wildman–Crippen MR) is 49.1 cm³/mol. The average molecular weight is 215 g/mol. The molecule has 0 amide bonds. The van der Waals surface area contributed by atoms with Crippen LogP contribution in [0.1, 0.15) is 19.5 Å². The predicted octanol–water partition coefficient (Wildman–Crippen LogP) is 1.85. The smallest absolute Gasteiger partial charge is 0.312 e. The van der Waals surface area contributed by atoms with Crippen LogP contribution in [0.3, 0.4) is 0 Å². The van der Waals surface area contributed by atoms with Gasteiger partial charge in [0.2, 0.25) is 0 Å². The highest BCUT2D eigenvalue weighted by atomic mass is 19.1. The molecular formula is C10H11F2NO2. The lowest BCUT2D eigenvalue weighted by Crippen LogP contribution is -2.15. The van der Waals surface area contributed by atoms with Crippen LogP contribution in [-0.2, 0) is 16.0 Å². The van der Waals surface area contributed by atoms with Crippen molar-refractivity contribution in [2.75, 3.05) is 0 Å². The summed E-state index contributed by atoms with van der Waals surface area (Å²) in [7, 11) is 0. The first-order valence-corrected chi connectivity index (χ1v) is 4.48. The van der Waals surface area contributed by atoms with Gasteiger partial charge in [-0.05, 0) is 13.8 Å². The number of halogens is 2. The van der Waals surface area contributed by atoms with E-state index in [1.807, 2.05) is 0 Å². The molecule has 82 valence electrons. The molecule has 0 N–H and O–H groups in total. The van der Waals surface area contributed by atoms with Gasteiger partial charge in [0, 0.05) is 6.07 Å². The second kappa shape index (κ2) is 4.82. The van der Waals surface area contributed by atoms with E-state index in [0.29, 0.717) is 6.07 Å². The van der Waals surface area contributed by atoms with Gasteiger partial charge < -0.3 is 4.74 Å². The Bertz CT molecular complexity index is 366. The van der Waals surface area contributed by atoms with E-state index >= 15 is 0 Å². The number of nitrogens with zero attached hydrogens (tertiary/aromatic N) is 1. The van der Waals surface area contributed by atoms with Crippen LogP contribution >= 0.6 is 0 Å². The van der Waals surface area contributed by atoms with Crippen molar-refractivity contribution >= 4 is 5.97 Å². The SMILES string of the molecule is CC(C)OC(=O)Cc1ncc(F)cc1F. The van der Waals surface area contributed by atoms with Crippen LogP contribution in [0.15, 0.2) is 12.3 Å². The van der Waals surface area contributed by atoms with Crippen molar-refractivity contribution in [1.29, 1.82) is 0 Å². The fourth-order valence-corrected chi connectivity index (χ4v) is 1.01. The second-order valence-electron chi connectivity index (χ2n) is 3.30. The fourth-order valence-electron chi connectivity index (χ4n) is 1.01. The van der Waals surface area contributed by atoms with Crippen LogP contribution < -0.4 is 0 Å². The van der Waals surface area contributed by atoms with Crippen molar-refractivity contribution in [1.82, 2.24) is 4.98 Å². The van der Waals surface area contributed by atoms with Crippen LogP contribution in [0.5, 0.6) is 0 Å². The number of pyridine rings is 1. The minimum Gasteiger partial charge on any atom is -0.463 e. The summed E-state index contributed by atoms with van der Waals surface area (Å²) in [5.41, 5.74) is -0.109. The molecule has 1 heterocycles. The van der Waals surface area contributed by atoms with Crippen molar-refractivity contribution in [3.8, 4) is 0 Å². The molecule has 0 unspecified atom stereocenters. The molecule has 1 rings (SSSR count). The molecule has 5 heteroatoms. The zero-order valence-corrected chi connectivity index (χ0v) is 8.46. The van der Waals surface area contributed by atoms with Gasteiger partial charge in [-0.15, -0.1) is 0 Å². The zero-order chi connectivity index (χ0) is 11.4. The fraction of sp³-hybridized carbons (Fsp3) is 0.400. The summed E-state index contributed by atoms with van der Waals surface area (Å²) in [4.78, 5) is 14.6. The molecule has 0 spiro atoms. The monoisotopic (exact) mass is 215 g/mol. The van der Waals surface area contributed by atoms with Crippen molar-refractivity contribution < 1.29 is 18.3 Å². The third-order valence-electron chi connectivity index (χ3n) is 1.56. The molecule has 0 aliphatic carbocycles. The van der Waals surface area contributed by atoms with E-state index in [0.717, 1.165) is 6.20 Å². The Morgan fingerprint density at radius 2 is 2.20 bits per heavy atom. The molecule has 0 saturated carbocycles. The normalized spacial score (nSPS) is 10.5. The Morgan fingerprint density at radius 3 is 2.73 bits per heavy atom. The third-order valence-corrected chi connectivity index (χ3v) is 1.56. The maximum atomic E-state index is 13.0. The van der Waals surface area contributed by atoms with Gasteiger partial charge in [-0.2, -0.15) is 0 Å². The second-order valence-corrected chi connectivity index (χ2v) is 3.30. The number of hydrogen-bond donors (Lipinski definition) is 0. The Hall–Kier alpha value is -1.52. The standard InChI is InChI=1S/C10H11F2NO2/c1-6(2)15-10(14)4-9-8(12)3-7(11)5-13-9/h3,5-6H,4H2,1-2H3. The molecule has 15 heavy (non-hydrogen) atoms. The van der Waals surface area contributed by atoms with Crippen molar-refractivity contribution in [3.05, 3.63) is 29.6 Å². The highest BCUT2D eigenvalue weighted by Gasteiger charge is 2.12. The van der Waals surface area contributed by atoms with Crippen LogP contribution in [0.25, 0.3) is 0 Å². The van der Waals surface area contributed by atoms with Gasteiger partial charge in [0.15, 0.2) is 0 Å². The van der Waals surface area contributed by atoms with E-state index in [4.69, 9.17) is 4.74 Å². The molecule has 0 atom stereocenters. The van der Waals surface area contributed by atoms with Gasteiger partial charge in [-0.1, -0.05) is 0 Å². The van der Waals surface area contributed by atoms with Gasteiger partial charge in [-0.3, -0.25) is 9.78 Å². The minimum absolute atomic E-state index is 0.109. The number of rotatable bonds is 3. The van der Waals surface area contributed by atoms with Crippen LogP contribution in [-0.4, -0.2) is 17.1 Å². The molecule has 0 aliphatic rings. The van der Waals surface area contributed by atoms with Crippen LogP contribution in [0.2, 0.25) is 0 Å². The first-order chi connectivity index (χ1) is 6.99. The van der Waals surface area contributed by atoms with Crippen LogP contribution in [0.4, 0.5) is 8.78 Å². The van der Waals surface area contributed by atoms with Gasteiger partial charge >= 0.3 is 5.97 Å². The van der Waals surface area contributed by atoms with Crippen LogP contribution in [0, 0.1) is 11.6 Å². The molecule has 0 aliphatic heterocycles. The molecule has 1 aromatic heterocycles. The van der Waals surface area contributed by atoms with E-state index in [-0.39, 0.29) is 18.2 Å². The van der Waals surface area contributed by atoms with E-state index in [1.165, 1.54) is 0 Å². The molecule has 3 nitrogen and oxygen atoms in total. The maximum absolute atomic E-state index is 13.0. The molecular weight excluding hydrogens is 204 g/mol. The topological polar surface area (TPSA) is 39.2 Å². The number of carbonyl (C=O) groups excluding carboxylic acids is 1. The number of hydrogen-bond acceptors (Lipinski definition) is 3. The summed E-state index contributed by atoms with van der Waals surface area (Å²) >= 11 is 0. The maximum Gasteiger partial charge on any atom is 0.312 e. The van der Waals surface area contributed by atoms with E-state index in [9.17, 15) is 13.6 Å². The number of carbonyl (C=O) groups is 1. The summed E-state index contributed by atoms with van der Waals surface area (Å²) in [6, 6.07) is 0.686. The molecule has 0 aromatic carbocycles. The van der Waals surface area contributed by atoms with E-state index in [1.54, 1.807) is 13.8 Å². The average Bonchev–Trinajstić information content (AvgIpc) is 2.08. The van der Waals surface area contributed by atoms with Crippen molar-refractivity contribution in [2.45, 2.75) is 26.4 Å². The summed E-state index contributed by atoms with van der Waals surface area (Å²) in [5, 5.41) is 0. The first-order valence-electron chi connectivity index (χ1n) is 4.48. The van der Waals surface area contributed by atoms with Gasteiger partial charge in [-0.25, -0.2) is 8.78 Å². The molecule has 0 saturated heterocycles. The van der Waals surface area contributed by atoms with Crippen molar-refractivity contribution in [2.24, 2.45) is 0 Å². The molecule has 1 aromatic rings. The summed E-state index contributed by atoms with van der Waals surface area (Å²) in [5.74, 6) is -2.19. The zero-order valence-electron chi connectivity index (χ0n) is 8.46. The quantitative estimate of drug-likeness (QED) is 0.722. The number of esters is 1. The Morgan fingerprint density at radius 1 is 1.53 bits per heavy atom.